The van der Waals surface area contributed by atoms with Crippen molar-refractivity contribution in [2.24, 2.45) is 5.92 Å². The Morgan fingerprint density at radius 1 is 1.09 bits per heavy atom. The van der Waals surface area contributed by atoms with Crippen molar-refractivity contribution in [3.8, 4) is 11.3 Å². The topological polar surface area (TPSA) is 58.8 Å². The first-order chi connectivity index (χ1) is 17.1. The first-order valence-corrected chi connectivity index (χ1v) is 12.5. The van der Waals surface area contributed by atoms with Gasteiger partial charge in [-0.2, -0.15) is 0 Å². The molecule has 2 heterocycles. The highest BCUT2D eigenvalue weighted by Gasteiger charge is 2.31. The van der Waals surface area contributed by atoms with E-state index in [1.54, 1.807) is 12.1 Å². The summed E-state index contributed by atoms with van der Waals surface area (Å²) in [4.78, 5) is 17.8. The van der Waals surface area contributed by atoms with Crippen LogP contribution >= 0.6 is 0 Å². The van der Waals surface area contributed by atoms with Crippen molar-refractivity contribution < 1.29 is 18.4 Å². The van der Waals surface area contributed by atoms with Crippen LogP contribution in [0.1, 0.15) is 42.4 Å². The number of hydrogen-bond donors (Lipinski definition) is 0. The fourth-order valence-corrected chi connectivity index (χ4v) is 5.12. The SMILES string of the molecule is Cc1cccc(-c2noc(N3CCOCC3)c2CN(Cc2ccc(F)cc2)C(=O)C2CCCC2)c1. The van der Waals surface area contributed by atoms with Gasteiger partial charge in [0.2, 0.25) is 11.8 Å². The number of ether oxygens (including phenoxy) is 1. The lowest BCUT2D eigenvalue weighted by atomic mass is 10.0. The predicted molar refractivity (Wildman–Crippen MR) is 132 cm³/mol. The monoisotopic (exact) mass is 477 g/mol. The highest BCUT2D eigenvalue weighted by Crippen LogP contribution is 2.35. The van der Waals surface area contributed by atoms with E-state index in [1.165, 1.54) is 12.1 Å². The number of aromatic nitrogens is 1. The van der Waals surface area contributed by atoms with E-state index in [9.17, 15) is 9.18 Å². The lowest BCUT2D eigenvalue weighted by Gasteiger charge is -2.29. The van der Waals surface area contributed by atoms with Gasteiger partial charge in [-0.25, -0.2) is 4.39 Å². The van der Waals surface area contributed by atoms with Crippen LogP contribution in [0.15, 0.2) is 53.1 Å². The Bertz CT molecular complexity index is 1150. The van der Waals surface area contributed by atoms with Crippen molar-refractivity contribution in [2.45, 2.75) is 45.7 Å². The van der Waals surface area contributed by atoms with E-state index in [1.807, 2.05) is 17.0 Å². The van der Waals surface area contributed by atoms with Gasteiger partial charge in [0, 0.05) is 31.1 Å². The normalized spacial score (nSPS) is 16.6. The molecule has 0 radical (unpaired) electrons. The standard InChI is InChI=1S/C28H32FN3O3/c1-20-5-4-8-23(17-20)26-25(28(35-30-26)31-13-15-34-16-14-31)19-32(27(33)22-6-2-3-7-22)18-21-9-11-24(29)12-10-21/h4-5,8-12,17,22H,2-3,6-7,13-16,18-19H2,1H3. The van der Waals surface area contributed by atoms with E-state index in [4.69, 9.17) is 9.26 Å². The number of halogens is 1. The molecule has 2 aromatic carbocycles. The molecule has 1 saturated heterocycles. The number of nitrogens with zero attached hydrogens (tertiary/aromatic N) is 3. The van der Waals surface area contributed by atoms with Crippen LogP contribution in [0.25, 0.3) is 11.3 Å². The molecular weight excluding hydrogens is 445 g/mol. The van der Waals surface area contributed by atoms with Crippen molar-refractivity contribution in [3.63, 3.8) is 0 Å². The molecular formula is C28H32FN3O3. The largest absolute Gasteiger partial charge is 0.378 e. The minimum Gasteiger partial charge on any atom is -0.378 e. The summed E-state index contributed by atoms with van der Waals surface area (Å²) in [5.41, 5.74) is 4.68. The highest BCUT2D eigenvalue weighted by atomic mass is 19.1. The lowest BCUT2D eigenvalue weighted by molar-refractivity contribution is -0.136. The zero-order valence-corrected chi connectivity index (χ0v) is 20.2. The maximum Gasteiger partial charge on any atom is 0.233 e. The number of carbonyl (C=O) groups is 1. The number of aryl methyl sites for hydroxylation is 1. The maximum absolute atomic E-state index is 13.7. The van der Waals surface area contributed by atoms with E-state index in [0.29, 0.717) is 45.3 Å². The molecule has 1 aliphatic carbocycles. The van der Waals surface area contributed by atoms with Gasteiger partial charge in [0.25, 0.3) is 0 Å². The number of hydrogen-bond acceptors (Lipinski definition) is 5. The number of rotatable bonds is 7. The summed E-state index contributed by atoms with van der Waals surface area (Å²) in [7, 11) is 0. The molecule has 7 heteroatoms. The lowest BCUT2D eigenvalue weighted by Crippen LogP contribution is -2.38. The van der Waals surface area contributed by atoms with Gasteiger partial charge in [0.05, 0.1) is 25.3 Å². The average molecular weight is 478 g/mol. The molecule has 1 aliphatic heterocycles. The van der Waals surface area contributed by atoms with Crippen molar-refractivity contribution in [1.82, 2.24) is 10.1 Å². The molecule has 1 aromatic heterocycles. The molecule has 2 aliphatic rings. The average Bonchev–Trinajstić information content (AvgIpc) is 3.56. The predicted octanol–water partition coefficient (Wildman–Crippen LogP) is 5.34. The minimum atomic E-state index is -0.280. The molecule has 35 heavy (non-hydrogen) atoms. The van der Waals surface area contributed by atoms with Crippen molar-refractivity contribution in [3.05, 3.63) is 71.0 Å². The van der Waals surface area contributed by atoms with Crippen LogP contribution in [0.3, 0.4) is 0 Å². The Balaban J connectivity index is 1.52. The molecule has 0 unspecified atom stereocenters. The molecule has 3 aromatic rings. The molecule has 0 N–H and O–H groups in total. The summed E-state index contributed by atoms with van der Waals surface area (Å²) in [6.45, 7) is 5.52. The first kappa shape index (κ1) is 23.5. The van der Waals surface area contributed by atoms with E-state index in [0.717, 1.165) is 53.6 Å². The van der Waals surface area contributed by atoms with Crippen LogP contribution in [0.2, 0.25) is 0 Å². The van der Waals surface area contributed by atoms with Gasteiger partial charge >= 0.3 is 0 Å². The third-order valence-electron chi connectivity index (χ3n) is 7.01. The third kappa shape index (κ3) is 5.40. The Morgan fingerprint density at radius 2 is 1.83 bits per heavy atom. The minimum absolute atomic E-state index is 0.0320. The smallest absolute Gasteiger partial charge is 0.233 e. The first-order valence-electron chi connectivity index (χ1n) is 12.5. The van der Waals surface area contributed by atoms with Crippen LogP contribution in [0, 0.1) is 18.7 Å². The second-order valence-electron chi connectivity index (χ2n) is 9.59. The summed E-state index contributed by atoms with van der Waals surface area (Å²) < 4.78 is 25.0. The summed E-state index contributed by atoms with van der Waals surface area (Å²) in [5, 5.41) is 4.49. The Kier molecular flexibility index (Phi) is 7.13. The molecule has 184 valence electrons. The summed E-state index contributed by atoms with van der Waals surface area (Å²) in [5.74, 6) is 0.603. The van der Waals surface area contributed by atoms with Gasteiger partial charge in [0.15, 0.2) is 0 Å². The number of morpholine rings is 1. The number of benzene rings is 2. The molecule has 1 saturated carbocycles. The van der Waals surface area contributed by atoms with Crippen LogP contribution in [-0.2, 0) is 22.6 Å². The summed E-state index contributed by atoms with van der Waals surface area (Å²) in [6, 6.07) is 14.6. The number of carbonyl (C=O) groups excluding carboxylic acids is 1. The van der Waals surface area contributed by atoms with Gasteiger partial charge < -0.3 is 19.1 Å². The van der Waals surface area contributed by atoms with E-state index in [-0.39, 0.29) is 17.6 Å². The van der Waals surface area contributed by atoms with E-state index >= 15 is 0 Å². The molecule has 1 amide bonds. The molecule has 0 atom stereocenters. The van der Waals surface area contributed by atoms with Gasteiger partial charge in [-0.05, 0) is 43.5 Å². The van der Waals surface area contributed by atoms with Crippen LogP contribution in [-0.4, -0.2) is 42.3 Å². The number of amides is 1. The van der Waals surface area contributed by atoms with Crippen LogP contribution in [0.4, 0.5) is 10.3 Å². The summed E-state index contributed by atoms with van der Waals surface area (Å²) >= 11 is 0. The van der Waals surface area contributed by atoms with Crippen molar-refractivity contribution in [2.75, 3.05) is 31.2 Å². The van der Waals surface area contributed by atoms with Gasteiger partial charge in [-0.3, -0.25) is 4.79 Å². The molecule has 6 nitrogen and oxygen atoms in total. The Labute approximate surface area is 205 Å². The second kappa shape index (κ2) is 10.6. The quantitative estimate of drug-likeness (QED) is 0.459. The van der Waals surface area contributed by atoms with Crippen molar-refractivity contribution in [1.29, 1.82) is 0 Å². The van der Waals surface area contributed by atoms with Crippen LogP contribution < -0.4 is 4.90 Å². The number of anilines is 1. The zero-order chi connectivity index (χ0) is 24.2. The van der Waals surface area contributed by atoms with E-state index in [2.05, 4.69) is 29.1 Å². The molecule has 5 rings (SSSR count). The summed E-state index contributed by atoms with van der Waals surface area (Å²) in [6.07, 6.45) is 4.01. The maximum atomic E-state index is 13.7. The van der Waals surface area contributed by atoms with Gasteiger partial charge in [0.1, 0.15) is 11.5 Å². The fourth-order valence-electron chi connectivity index (χ4n) is 5.12. The highest BCUT2D eigenvalue weighted by molar-refractivity contribution is 5.80. The zero-order valence-electron chi connectivity index (χ0n) is 20.2. The van der Waals surface area contributed by atoms with Gasteiger partial charge in [-0.15, -0.1) is 0 Å². The molecule has 2 fully saturated rings. The molecule has 0 bridgehead atoms. The molecule has 0 spiro atoms. The van der Waals surface area contributed by atoms with E-state index < -0.39 is 0 Å². The second-order valence-corrected chi connectivity index (χ2v) is 9.59. The fraction of sp³-hybridized carbons (Fsp3) is 0.429. The Morgan fingerprint density at radius 3 is 2.54 bits per heavy atom. The third-order valence-corrected chi connectivity index (χ3v) is 7.01. The Hall–Kier alpha value is -3.19. The van der Waals surface area contributed by atoms with Gasteiger partial charge in [-0.1, -0.05) is 53.9 Å². The van der Waals surface area contributed by atoms with Crippen LogP contribution in [0.5, 0.6) is 0 Å². The van der Waals surface area contributed by atoms with Crippen molar-refractivity contribution >= 4 is 11.8 Å².